The van der Waals surface area contributed by atoms with Crippen LogP contribution in [0.15, 0.2) is 12.4 Å². The van der Waals surface area contributed by atoms with Gasteiger partial charge < -0.3 is 10.1 Å². The molecule has 2 heterocycles. The van der Waals surface area contributed by atoms with Crippen LogP contribution in [0.3, 0.4) is 0 Å². The fraction of sp³-hybridized carbons (Fsp3) is 0.286. The van der Waals surface area contributed by atoms with Gasteiger partial charge >= 0.3 is 0 Å². The van der Waals surface area contributed by atoms with Gasteiger partial charge in [-0.05, 0) is 0 Å². The highest BCUT2D eigenvalue weighted by Gasteiger charge is 2.12. The van der Waals surface area contributed by atoms with Crippen molar-refractivity contribution in [2.24, 2.45) is 0 Å². The average molecular weight is 171 g/mol. The third-order valence-corrected chi connectivity index (χ3v) is 1.79. The predicted molar refractivity (Wildman–Crippen MR) is 43.2 cm³/mol. The fourth-order valence-electron chi connectivity index (χ4n) is 1.03. The van der Waals surface area contributed by atoms with Crippen LogP contribution in [0, 0.1) is 0 Å². The van der Waals surface area contributed by atoms with Crippen molar-refractivity contribution in [2.45, 2.75) is 0 Å². The Balaban J connectivity index is 2.49. The molecule has 1 aromatic heterocycles. The van der Waals surface area contributed by atoms with E-state index in [1.165, 1.54) is 0 Å². The van der Waals surface area contributed by atoms with Gasteiger partial charge in [0, 0.05) is 12.7 Å². The fourth-order valence-corrected chi connectivity index (χ4v) is 1.25. The molecule has 2 rings (SSSR count). The summed E-state index contributed by atoms with van der Waals surface area (Å²) in [6, 6.07) is 0. The molecule has 1 aliphatic heterocycles. The van der Waals surface area contributed by atoms with Gasteiger partial charge in [0.25, 0.3) is 0 Å². The van der Waals surface area contributed by atoms with Gasteiger partial charge in [-0.3, -0.25) is 4.98 Å². The second-order valence-corrected chi connectivity index (χ2v) is 2.68. The Morgan fingerprint density at radius 3 is 3.27 bits per heavy atom. The highest BCUT2D eigenvalue weighted by Crippen LogP contribution is 2.33. The maximum absolute atomic E-state index is 5.81. The Hall–Kier alpha value is -0.960. The summed E-state index contributed by atoms with van der Waals surface area (Å²) < 4.78 is 5.32. The lowest BCUT2D eigenvalue weighted by Gasteiger charge is -2.18. The third kappa shape index (κ3) is 1.12. The van der Waals surface area contributed by atoms with Crippen LogP contribution in [0.1, 0.15) is 0 Å². The van der Waals surface area contributed by atoms with E-state index in [0.717, 1.165) is 12.2 Å². The second-order valence-electron chi connectivity index (χ2n) is 2.27. The van der Waals surface area contributed by atoms with Gasteiger partial charge in [-0.25, -0.2) is 0 Å². The molecule has 0 bridgehead atoms. The predicted octanol–water partition coefficient (Wildman–Crippen LogP) is 1.54. The summed E-state index contributed by atoms with van der Waals surface area (Å²) in [6.45, 7) is 1.48. The summed E-state index contributed by atoms with van der Waals surface area (Å²) in [7, 11) is 0. The van der Waals surface area contributed by atoms with Crippen LogP contribution >= 0.6 is 11.6 Å². The molecule has 0 aromatic carbocycles. The summed E-state index contributed by atoms with van der Waals surface area (Å²) in [6.07, 6.45) is 3.29. The first-order chi connectivity index (χ1) is 5.38. The monoisotopic (exact) mass is 170 g/mol. The number of aromatic nitrogens is 1. The number of ether oxygens (including phenoxy) is 1. The molecule has 1 N–H and O–H groups in total. The number of nitrogens with zero attached hydrogens (tertiary/aromatic N) is 1. The van der Waals surface area contributed by atoms with E-state index in [-0.39, 0.29) is 0 Å². The van der Waals surface area contributed by atoms with Gasteiger partial charge in [-0.1, -0.05) is 11.6 Å². The number of hydrogen-bond donors (Lipinski definition) is 1. The molecule has 0 radical (unpaired) electrons. The summed E-state index contributed by atoms with van der Waals surface area (Å²) >= 11 is 5.81. The highest BCUT2D eigenvalue weighted by atomic mass is 35.5. The molecule has 0 unspecified atom stereocenters. The van der Waals surface area contributed by atoms with Crippen molar-refractivity contribution < 1.29 is 4.74 Å². The van der Waals surface area contributed by atoms with Crippen molar-refractivity contribution in [1.29, 1.82) is 0 Å². The third-order valence-electron chi connectivity index (χ3n) is 1.52. The van der Waals surface area contributed by atoms with E-state index in [4.69, 9.17) is 16.3 Å². The first-order valence-electron chi connectivity index (χ1n) is 3.38. The Morgan fingerprint density at radius 1 is 1.55 bits per heavy atom. The topological polar surface area (TPSA) is 34.1 Å². The van der Waals surface area contributed by atoms with Crippen LogP contribution in [0.25, 0.3) is 0 Å². The molecular weight excluding hydrogens is 164 g/mol. The van der Waals surface area contributed by atoms with Gasteiger partial charge in [0.15, 0.2) is 5.75 Å². The van der Waals surface area contributed by atoms with Crippen LogP contribution in [0.5, 0.6) is 5.75 Å². The zero-order valence-electron chi connectivity index (χ0n) is 5.80. The normalized spacial score (nSPS) is 14.6. The Bertz CT molecular complexity index is 277. The SMILES string of the molecule is Clc1cncc2c1OCCN2. The molecule has 4 heteroatoms. The maximum atomic E-state index is 5.81. The van der Waals surface area contributed by atoms with E-state index in [1.54, 1.807) is 12.4 Å². The zero-order chi connectivity index (χ0) is 7.68. The van der Waals surface area contributed by atoms with E-state index in [2.05, 4.69) is 10.3 Å². The summed E-state index contributed by atoms with van der Waals surface area (Å²) in [5.74, 6) is 0.716. The Morgan fingerprint density at radius 2 is 2.45 bits per heavy atom. The molecular formula is C7H7ClN2O. The van der Waals surface area contributed by atoms with Gasteiger partial charge in [-0.2, -0.15) is 0 Å². The maximum Gasteiger partial charge on any atom is 0.164 e. The molecule has 0 saturated carbocycles. The van der Waals surface area contributed by atoms with Crippen molar-refractivity contribution in [3.05, 3.63) is 17.4 Å². The van der Waals surface area contributed by atoms with Crippen molar-refractivity contribution in [3.8, 4) is 5.75 Å². The molecule has 11 heavy (non-hydrogen) atoms. The minimum absolute atomic E-state index is 0.565. The minimum atomic E-state index is 0.565. The van der Waals surface area contributed by atoms with Crippen LogP contribution in [0.4, 0.5) is 5.69 Å². The highest BCUT2D eigenvalue weighted by molar-refractivity contribution is 6.32. The molecule has 0 spiro atoms. The number of fused-ring (bicyclic) bond motifs is 1. The van der Waals surface area contributed by atoms with Gasteiger partial charge in [0.2, 0.25) is 0 Å². The molecule has 0 amide bonds. The molecule has 0 fully saturated rings. The Kier molecular flexibility index (Phi) is 1.58. The number of pyridine rings is 1. The number of nitrogens with one attached hydrogen (secondary N) is 1. The quantitative estimate of drug-likeness (QED) is 0.642. The number of anilines is 1. The molecule has 0 atom stereocenters. The average Bonchev–Trinajstić information content (AvgIpc) is 2.06. The van der Waals surface area contributed by atoms with Crippen molar-refractivity contribution >= 4 is 17.3 Å². The lowest BCUT2D eigenvalue weighted by Crippen LogP contribution is -2.18. The second kappa shape index (κ2) is 2.58. The lowest BCUT2D eigenvalue weighted by atomic mass is 10.3. The zero-order valence-corrected chi connectivity index (χ0v) is 6.56. The van der Waals surface area contributed by atoms with Gasteiger partial charge in [-0.15, -0.1) is 0 Å². The summed E-state index contributed by atoms with van der Waals surface area (Å²) in [5, 5.41) is 3.70. The summed E-state index contributed by atoms with van der Waals surface area (Å²) in [4.78, 5) is 3.92. The molecule has 0 saturated heterocycles. The Labute approximate surface area is 69.3 Å². The van der Waals surface area contributed by atoms with Crippen LogP contribution in [-0.4, -0.2) is 18.1 Å². The van der Waals surface area contributed by atoms with E-state index >= 15 is 0 Å². The summed E-state index contributed by atoms with van der Waals surface area (Å²) in [5.41, 5.74) is 0.878. The van der Waals surface area contributed by atoms with Crippen LogP contribution in [-0.2, 0) is 0 Å². The van der Waals surface area contributed by atoms with Gasteiger partial charge in [0.1, 0.15) is 11.6 Å². The van der Waals surface area contributed by atoms with Gasteiger partial charge in [0.05, 0.1) is 11.9 Å². The lowest BCUT2D eigenvalue weighted by molar-refractivity contribution is 0.323. The van der Waals surface area contributed by atoms with Crippen molar-refractivity contribution in [1.82, 2.24) is 4.98 Å². The van der Waals surface area contributed by atoms with E-state index < -0.39 is 0 Å². The van der Waals surface area contributed by atoms with E-state index in [1.807, 2.05) is 0 Å². The van der Waals surface area contributed by atoms with Crippen molar-refractivity contribution in [3.63, 3.8) is 0 Å². The minimum Gasteiger partial charge on any atom is -0.488 e. The molecule has 1 aromatic rings. The largest absolute Gasteiger partial charge is 0.488 e. The number of rotatable bonds is 0. The van der Waals surface area contributed by atoms with Crippen LogP contribution < -0.4 is 10.1 Å². The standard InChI is InChI=1S/C7H7ClN2O/c8-5-3-9-4-6-7(5)11-2-1-10-6/h3-4,10H,1-2H2. The molecule has 3 nitrogen and oxygen atoms in total. The number of halogens is 1. The smallest absolute Gasteiger partial charge is 0.164 e. The van der Waals surface area contributed by atoms with Crippen molar-refractivity contribution in [2.75, 3.05) is 18.5 Å². The van der Waals surface area contributed by atoms with E-state index in [0.29, 0.717) is 17.4 Å². The first-order valence-corrected chi connectivity index (χ1v) is 3.76. The number of hydrogen-bond acceptors (Lipinski definition) is 3. The van der Waals surface area contributed by atoms with E-state index in [9.17, 15) is 0 Å². The first kappa shape index (κ1) is 6.73. The molecule has 0 aliphatic carbocycles. The molecule has 58 valence electrons. The molecule has 1 aliphatic rings. The van der Waals surface area contributed by atoms with Crippen LogP contribution in [0.2, 0.25) is 5.02 Å².